The van der Waals surface area contributed by atoms with Crippen LogP contribution in [0.1, 0.15) is 11.3 Å². The van der Waals surface area contributed by atoms with Crippen molar-refractivity contribution >= 4 is 0 Å². The van der Waals surface area contributed by atoms with Gasteiger partial charge in [-0.1, -0.05) is 24.3 Å². The van der Waals surface area contributed by atoms with E-state index in [-0.39, 0.29) is 5.75 Å². The van der Waals surface area contributed by atoms with Crippen molar-refractivity contribution in [2.24, 2.45) is 7.05 Å². The lowest BCUT2D eigenvalue weighted by molar-refractivity contribution is 0.294. The van der Waals surface area contributed by atoms with E-state index in [0.717, 1.165) is 28.3 Å². The minimum Gasteiger partial charge on any atom is -0.508 e. The number of hydrogen-bond donors (Lipinski definition) is 1. The lowest BCUT2D eigenvalue weighted by atomic mass is 10.0. The molecule has 0 amide bonds. The summed E-state index contributed by atoms with van der Waals surface area (Å²) in [6.45, 7) is 4.29. The molecule has 1 aromatic heterocycles. The van der Waals surface area contributed by atoms with Crippen LogP contribution in [-0.2, 0) is 20.1 Å². The lowest BCUT2D eigenvalue weighted by Crippen LogP contribution is -2.05. The summed E-state index contributed by atoms with van der Waals surface area (Å²) in [5, 5.41) is 14.1. The Bertz CT molecular complexity index is 821. The van der Waals surface area contributed by atoms with Gasteiger partial charge in [-0.25, -0.2) is 0 Å². The molecule has 0 aliphatic heterocycles. The highest BCUT2D eigenvalue weighted by atomic mass is 16.5. The SMILES string of the molecule is C=CCc1c(-c2ccc(O)cc2)nn(C)c1COc1ccccc1. The van der Waals surface area contributed by atoms with E-state index in [9.17, 15) is 5.11 Å². The van der Waals surface area contributed by atoms with Gasteiger partial charge in [0.25, 0.3) is 0 Å². The van der Waals surface area contributed by atoms with Crippen LogP contribution in [0.3, 0.4) is 0 Å². The number of phenols is 1. The molecular formula is C20H20N2O2. The minimum absolute atomic E-state index is 0.243. The van der Waals surface area contributed by atoms with Gasteiger partial charge in [-0.15, -0.1) is 6.58 Å². The molecule has 24 heavy (non-hydrogen) atoms. The first-order valence-corrected chi connectivity index (χ1v) is 7.82. The molecule has 2 aromatic carbocycles. The summed E-state index contributed by atoms with van der Waals surface area (Å²) < 4.78 is 7.74. The van der Waals surface area contributed by atoms with Gasteiger partial charge in [-0.05, 0) is 42.8 Å². The molecule has 0 radical (unpaired) electrons. The molecule has 4 nitrogen and oxygen atoms in total. The Labute approximate surface area is 141 Å². The van der Waals surface area contributed by atoms with E-state index in [1.54, 1.807) is 12.1 Å². The van der Waals surface area contributed by atoms with Crippen molar-refractivity contribution in [3.05, 3.63) is 78.5 Å². The van der Waals surface area contributed by atoms with E-state index >= 15 is 0 Å². The molecule has 0 spiro atoms. The second kappa shape index (κ2) is 7.04. The van der Waals surface area contributed by atoms with Gasteiger partial charge in [0.1, 0.15) is 18.1 Å². The number of allylic oxidation sites excluding steroid dienone is 1. The van der Waals surface area contributed by atoms with Gasteiger partial charge >= 0.3 is 0 Å². The van der Waals surface area contributed by atoms with Crippen LogP contribution in [0.5, 0.6) is 11.5 Å². The van der Waals surface area contributed by atoms with Crippen molar-refractivity contribution in [2.45, 2.75) is 13.0 Å². The van der Waals surface area contributed by atoms with Crippen LogP contribution < -0.4 is 4.74 Å². The molecule has 4 heteroatoms. The quantitative estimate of drug-likeness (QED) is 0.696. The first-order chi connectivity index (χ1) is 11.7. The largest absolute Gasteiger partial charge is 0.508 e. The molecule has 1 heterocycles. The number of aromatic nitrogens is 2. The van der Waals surface area contributed by atoms with Crippen molar-refractivity contribution in [1.82, 2.24) is 9.78 Å². The molecule has 3 rings (SSSR count). The van der Waals surface area contributed by atoms with E-state index in [1.807, 2.05) is 60.3 Å². The number of para-hydroxylation sites is 1. The Morgan fingerprint density at radius 1 is 1.12 bits per heavy atom. The highest BCUT2D eigenvalue weighted by Crippen LogP contribution is 2.28. The zero-order chi connectivity index (χ0) is 16.9. The third kappa shape index (κ3) is 3.33. The predicted molar refractivity (Wildman–Crippen MR) is 95.0 cm³/mol. The number of rotatable bonds is 6. The van der Waals surface area contributed by atoms with Crippen LogP contribution in [0.2, 0.25) is 0 Å². The molecule has 0 atom stereocenters. The standard InChI is InChI=1S/C20H20N2O2/c1-3-7-18-19(14-24-17-8-5-4-6-9-17)22(2)21-20(18)15-10-12-16(23)13-11-15/h3-6,8-13,23H,1,7,14H2,2H3. The summed E-state index contributed by atoms with van der Waals surface area (Å²) in [7, 11) is 1.92. The summed E-state index contributed by atoms with van der Waals surface area (Å²) in [6.07, 6.45) is 2.57. The minimum atomic E-state index is 0.243. The van der Waals surface area contributed by atoms with Gasteiger partial charge < -0.3 is 9.84 Å². The Balaban J connectivity index is 1.93. The summed E-state index contributed by atoms with van der Waals surface area (Å²) >= 11 is 0. The van der Waals surface area contributed by atoms with Crippen molar-refractivity contribution < 1.29 is 9.84 Å². The van der Waals surface area contributed by atoms with Crippen molar-refractivity contribution in [3.8, 4) is 22.8 Å². The van der Waals surface area contributed by atoms with Crippen LogP contribution in [0.4, 0.5) is 0 Å². The number of ether oxygens (including phenoxy) is 1. The van der Waals surface area contributed by atoms with Gasteiger partial charge in [-0.2, -0.15) is 5.10 Å². The molecule has 1 N–H and O–H groups in total. The van der Waals surface area contributed by atoms with Crippen LogP contribution >= 0.6 is 0 Å². The monoisotopic (exact) mass is 320 g/mol. The molecule has 3 aromatic rings. The van der Waals surface area contributed by atoms with E-state index in [1.165, 1.54) is 0 Å². The summed E-state index contributed by atoms with van der Waals surface area (Å²) in [4.78, 5) is 0. The average Bonchev–Trinajstić information content (AvgIpc) is 2.91. The number of nitrogens with zero attached hydrogens (tertiary/aromatic N) is 2. The first kappa shape index (κ1) is 15.9. The third-order valence-corrected chi connectivity index (χ3v) is 3.88. The fourth-order valence-electron chi connectivity index (χ4n) is 2.66. The Hall–Kier alpha value is -3.01. The second-order valence-corrected chi connectivity index (χ2v) is 5.54. The summed E-state index contributed by atoms with van der Waals surface area (Å²) in [5.74, 6) is 1.07. The topological polar surface area (TPSA) is 47.3 Å². The van der Waals surface area contributed by atoms with Crippen LogP contribution in [0.25, 0.3) is 11.3 Å². The van der Waals surface area contributed by atoms with E-state index < -0.39 is 0 Å². The molecule has 0 aliphatic rings. The second-order valence-electron chi connectivity index (χ2n) is 5.54. The summed E-state index contributed by atoms with van der Waals surface area (Å²) in [5.41, 5.74) is 3.96. The molecule has 0 bridgehead atoms. The van der Waals surface area contributed by atoms with E-state index in [2.05, 4.69) is 11.7 Å². The van der Waals surface area contributed by atoms with Gasteiger partial charge in [0.15, 0.2) is 0 Å². The van der Waals surface area contributed by atoms with Crippen LogP contribution in [0, 0.1) is 0 Å². The zero-order valence-corrected chi connectivity index (χ0v) is 13.6. The summed E-state index contributed by atoms with van der Waals surface area (Å²) in [6, 6.07) is 16.8. The number of hydrogen-bond acceptors (Lipinski definition) is 3. The third-order valence-electron chi connectivity index (χ3n) is 3.88. The number of phenolic OH excluding ortho intramolecular Hbond substituents is 1. The van der Waals surface area contributed by atoms with E-state index in [4.69, 9.17) is 4.74 Å². The Morgan fingerprint density at radius 3 is 2.50 bits per heavy atom. The first-order valence-electron chi connectivity index (χ1n) is 7.82. The Morgan fingerprint density at radius 2 is 1.83 bits per heavy atom. The number of aromatic hydroxyl groups is 1. The maximum absolute atomic E-state index is 9.48. The maximum atomic E-state index is 9.48. The van der Waals surface area contributed by atoms with Crippen molar-refractivity contribution in [3.63, 3.8) is 0 Å². The predicted octanol–water partition coefficient (Wildman–Crippen LogP) is 4.10. The molecule has 0 fully saturated rings. The van der Waals surface area contributed by atoms with Crippen LogP contribution in [0.15, 0.2) is 67.3 Å². The number of benzene rings is 2. The average molecular weight is 320 g/mol. The van der Waals surface area contributed by atoms with Gasteiger partial charge in [0.2, 0.25) is 0 Å². The fourth-order valence-corrected chi connectivity index (χ4v) is 2.66. The maximum Gasteiger partial charge on any atom is 0.130 e. The van der Waals surface area contributed by atoms with Crippen molar-refractivity contribution in [1.29, 1.82) is 0 Å². The molecule has 0 aliphatic carbocycles. The normalized spacial score (nSPS) is 10.5. The highest BCUT2D eigenvalue weighted by molar-refractivity contribution is 5.65. The van der Waals surface area contributed by atoms with Gasteiger partial charge in [-0.3, -0.25) is 4.68 Å². The van der Waals surface area contributed by atoms with Gasteiger partial charge in [0.05, 0.1) is 11.4 Å². The van der Waals surface area contributed by atoms with E-state index in [0.29, 0.717) is 13.0 Å². The van der Waals surface area contributed by atoms with Gasteiger partial charge in [0, 0.05) is 18.2 Å². The highest BCUT2D eigenvalue weighted by Gasteiger charge is 2.17. The van der Waals surface area contributed by atoms with Crippen LogP contribution in [-0.4, -0.2) is 14.9 Å². The molecule has 0 unspecified atom stereocenters. The smallest absolute Gasteiger partial charge is 0.130 e. The molecule has 122 valence electrons. The lowest BCUT2D eigenvalue weighted by Gasteiger charge is -2.08. The fraction of sp³-hybridized carbons (Fsp3) is 0.150. The molecular weight excluding hydrogens is 300 g/mol. The van der Waals surface area contributed by atoms with Crippen molar-refractivity contribution in [2.75, 3.05) is 0 Å². The molecule has 0 saturated carbocycles. The number of aryl methyl sites for hydroxylation is 1. The Kier molecular flexibility index (Phi) is 4.66. The zero-order valence-electron chi connectivity index (χ0n) is 13.6. The molecule has 0 saturated heterocycles.